The molecule has 4 rings (SSSR count). The Morgan fingerprint density at radius 3 is 3.08 bits per heavy atom. The molecule has 9 heteroatoms. The lowest BCUT2D eigenvalue weighted by Crippen LogP contribution is -2.43. The number of nitrogens with zero attached hydrogens (tertiary/aromatic N) is 3. The molecule has 4 heterocycles. The first-order valence-corrected chi connectivity index (χ1v) is 8.06. The molecule has 8 nitrogen and oxygen atoms in total. The first kappa shape index (κ1) is 15.0. The molecule has 4 aliphatic rings. The molecule has 1 unspecified atom stereocenters. The molecule has 1 fully saturated rings. The SMILES string of the molecule is O=C(NC1=CNCNC1)C1=CNC2C=CC(N3CC[C@H](F)C3)=NN12. The maximum atomic E-state index is 13.4. The summed E-state index contributed by atoms with van der Waals surface area (Å²) in [6.45, 7) is 2.28. The average Bonchev–Trinajstić information content (AvgIpc) is 3.21. The van der Waals surface area contributed by atoms with Crippen LogP contribution in [0.5, 0.6) is 0 Å². The van der Waals surface area contributed by atoms with Crippen molar-refractivity contribution in [1.29, 1.82) is 0 Å². The van der Waals surface area contributed by atoms with Crippen LogP contribution in [0.15, 0.2) is 41.0 Å². The monoisotopic (exact) mass is 333 g/mol. The number of rotatable bonds is 2. The fourth-order valence-corrected chi connectivity index (χ4v) is 3.07. The molecule has 24 heavy (non-hydrogen) atoms. The van der Waals surface area contributed by atoms with E-state index in [4.69, 9.17) is 0 Å². The van der Waals surface area contributed by atoms with Crippen LogP contribution < -0.4 is 21.3 Å². The summed E-state index contributed by atoms with van der Waals surface area (Å²) in [5, 5.41) is 18.3. The van der Waals surface area contributed by atoms with Gasteiger partial charge in [0, 0.05) is 31.2 Å². The number of amidine groups is 1. The van der Waals surface area contributed by atoms with E-state index in [0.717, 1.165) is 5.70 Å². The summed E-state index contributed by atoms with van der Waals surface area (Å²) in [5.74, 6) is 0.457. The normalized spacial score (nSPS) is 28.5. The van der Waals surface area contributed by atoms with Crippen LogP contribution in [0.1, 0.15) is 6.42 Å². The summed E-state index contributed by atoms with van der Waals surface area (Å²) in [7, 11) is 0. The fraction of sp³-hybridized carbons (Fsp3) is 0.467. The zero-order valence-corrected chi connectivity index (χ0v) is 13.1. The fourth-order valence-electron chi connectivity index (χ4n) is 3.07. The molecule has 128 valence electrons. The quantitative estimate of drug-likeness (QED) is 0.524. The third-order valence-corrected chi connectivity index (χ3v) is 4.32. The van der Waals surface area contributed by atoms with Crippen molar-refractivity contribution in [3.05, 3.63) is 35.9 Å². The van der Waals surface area contributed by atoms with Crippen molar-refractivity contribution in [2.45, 2.75) is 18.8 Å². The van der Waals surface area contributed by atoms with Crippen LogP contribution in [0.4, 0.5) is 4.39 Å². The van der Waals surface area contributed by atoms with Crippen molar-refractivity contribution < 1.29 is 9.18 Å². The van der Waals surface area contributed by atoms with E-state index in [2.05, 4.69) is 26.4 Å². The summed E-state index contributed by atoms with van der Waals surface area (Å²) in [5.41, 5.74) is 1.21. The number of halogens is 1. The summed E-state index contributed by atoms with van der Waals surface area (Å²) < 4.78 is 13.4. The molecule has 4 N–H and O–H groups in total. The molecule has 0 spiro atoms. The second-order valence-electron chi connectivity index (χ2n) is 6.07. The number of nitrogens with one attached hydrogen (secondary N) is 4. The number of likely N-dealkylation sites (tertiary alicyclic amines) is 1. The molecule has 0 saturated carbocycles. The Balaban J connectivity index is 1.47. The van der Waals surface area contributed by atoms with E-state index < -0.39 is 6.17 Å². The Morgan fingerprint density at radius 1 is 1.42 bits per heavy atom. The van der Waals surface area contributed by atoms with Crippen molar-refractivity contribution in [3.63, 3.8) is 0 Å². The van der Waals surface area contributed by atoms with E-state index >= 15 is 0 Å². The lowest BCUT2D eigenvalue weighted by molar-refractivity contribution is -0.118. The Morgan fingerprint density at radius 2 is 2.33 bits per heavy atom. The van der Waals surface area contributed by atoms with Gasteiger partial charge in [0.2, 0.25) is 0 Å². The van der Waals surface area contributed by atoms with Gasteiger partial charge in [-0.2, -0.15) is 5.10 Å². The van der Waals surface area contributed by atoms with Crippen LogP contribution in [-0.2, 0) is 4.79 Å². The van der Waals surface area contributed by atoms with Gasteiger partial charge < -0.3 is 20.9 Å². The molecule has 0 radical (unpaired) electrons. The van der Waals surface area contributed by atoms with Crippen molar-refractivity contribution in [1.82, 2.24) is 31.2 Å². The van der Waals surface area contributed by atoms with Gasteiger partial charge in [0.15, 0.2) is 0 Å². The smallest absolute Gasteiger partial charge is 0.275 e. The van der Waals surface area contributed by atoms with Crippen molar-refractivity contribution in [2.75, 3.05) is 26.3 Å². The molecule has 2 atom stereocenters. The molecule has 0 aromatic rings. The number of alkyl halides is 1. The van der Waals surface area contributed by atoms with E-state index in [1.54, 1.807) is 17.4 Å². The Bertz CT molecular complexity index is 656. The topological polar surface area (TPSA) is 84.0 Å². The molecule has 4 aliphatic heterocycles. The zero-order chi connectivity index (χ0) is 16.5. The minimum atomic E-state index is -0.813. The Labute approximate surface area is 139 Å². The van der Waals surface area contributed by atoms with Crippen molar-refractivity contribution in [2.24, 2.45) is 5.10 Å². The third kappa shape index (κ3) is 2.82. The van der Waals surface area contributed by atoms with Gasteiger partial charge in [-0.3, -0.25) is 10.1 Å². The lowest BCUT2D eigenvalue weighted by atomic mass is 10.3. The van der Waals surface area contributed by atoms with E-state index in [1.165, 1.54) is 0 Å². The van der Waals surface area contributed by atoms with E-state index in [-0.39, 0.29) is 12.1 Å². The van der Waals surface area contributed by atoms with Gasteiger partial charge in [-0.25, -0.2) is 9.40 Å². The zero-order valence-electron chi connectivity index (χ0n) is 13.1. The lowest BCUT2D eigenvalue weighted by Gasteiger charge is -2.29. The van der Waals surface area contributed by atoms with Gasteiger partial charge in [0.25, 0.3) is 5.91 Å². The number of hydrazone groups is 1. The van der Waals surface area contributed by atoms with Crippen LogP contribution >= 0.6 is 0 Å². The van der Waals surface area contributed by atoms with Gasteiger partial charge in [-0.05, 0) is 18.6 Å². The van der Waals surface area contributed by atoms with Crippen LogP contribution in [0.25, 0.3) is 0 Å². The number of carbonyl (C=O) groups is 1. The van der Waals surface area contributed by atoms with Gasteiger partial charge in [0.1, 0.15) is 23.9 Å². The predicted octanol–water partition coefficient (Wildman–Crippen LogP) is -0.906. The number of amides is 1. The van der Waals surface area contributed by atoms with Crippen LogP contribution in [-0.4, -0.2) is 60.3 Å². The van der Waals surface area contributed by atoms with Crippen LogP contribution in [0.2, 0.25) is 0 Å². The van der Waals surface area contributed by atoms with Crippen molar-refractivity contribution >= 4 is 11.7 Å². The summed E-state index contributed by atoms with van der Waals surface area (Å²) in [4.78, 5) is 14.4. The number of fused-ring (bicyclic) bond motifs is 1. The second-order valence-corrected chi connectivity index (χ2v) is 6.07. The molecule has 0 aromatic carbocycles. The Kier molecular flexibility index (Phi) is 3.85. The van der Waals surface area contributed by atoms with Gasteiger partial charge in [-0.15, -0.1) is 0 Å². The summed E-state index contributed by atoms with van der Waals surface area (Å²) >= 11 is 0. The standard InChI is InChI=1S/C15H20FN7O/c16-10-3-4-22(8-10)14-2-1-13-19-7-12(23(13)21-14)15(24)20-11-5-17-9-18-6-11/h1-2,5,7,10,13,17-19H,3-4,6,8-9H2,(H,20,24)/t10-,13?/m0/s1. The maximum Gasteiger partial charge on any atom is 0.275 e. The molecule has 0 bridgehead atoms. The maximum absolute atomic E-state index is 13.4. The molecule has 1 amide bonds. The minimum absolute atomic E-state index is 0.185. The molecule has 0 aromatic heterocycles. The van der Waals surface area contributed by atoms with Gasteiger partial charge >= 0.3 is 0 Å². The molecular weight excluding hydrogens is 313 g/mol. The highest BCUT2D eigenvalue weighted by atomic mass is 19.1. The van der Waals surface area contributed by atoms with Crippen LogP contribution in [0.3, 0.4) is 0 Å². The van der Waals surface area contributed by atoms with Gasteiger partial charge in [-0.1, -0.05) is 0 Å². The minimum Gasteiger partial charge on any atom is -0.377 e. The van der Waals surface area contributed by atoms with Crippen LogP contribution in [0, 0.1) is 0 Å². The highest BCUT2D eigenvalue weighted by Gasteiger charge is 2.33. The largest absolute Gasteiger partial charge is 0.377 e. The first-order chi connectivity index (χ1) is 11.7. The molecule has 1 saturated heterocycles. The number of hydrogen-bond acceptors (Lipinski definition) is 7. The predicted molar refractivity (Wildman–Crippen MR) is 86.7 cm³/mol. The van der Waals surface area contributed by atoms with Crippen molar-refractivity contribution in [3.8, 4) is 0 Å². The average molecular weight is 333 g/mol. The van der Waals surface area contributed by atoms with E-state index in [0.29, 0.717) is 44.3 Å². The second kappa shape index (κ2) is 6.16. The van der Waals surface area contributed by atoms with E-state index in [9.17, 15) is 9.18 Å². The summed E-state index contributed by atoms with van der Waals surface area (Å²) in [6, 6.07) is 0. The summed E-state index contributed by atoms with van der Waals surface area (Å²) in [6.07, 6.45) is 6.76. The molecular formula is C15H20FN7O. The number of hydrogen-bond donors (Lipinski definition) is 4. The Hall–Kier alpha value is -2.55. The highest BCUT2D eigenvalue weighted by molar-refractivity contribution is 5.97. The molecule has 0 aliphatic carbocycles. The van der Waals surface area contributed by atoms with Gasteiger partial charge in [0.05, 0.1) is 13.2 Å². The van der Waals surface area contributed by atoms with E-state index in [1.807, 2.05) is 17.1 Å². The highest BCUT2D eigenvalue weighted by Crippen LogP contribution is 2.22. The first-order valence-electron chi connectivity index (χ1n) is 8.06. The third-order valence-electron chi connectivity index (χ3n) is 4.32. The number of carbonyl (C=O) groups excluding carboxylic acids is 1.